The third-order valence-corrected chi connectivity index (χ3v) is 2.16. The van der Waals surface area contributed by atoms with Crippen LogP contribution in [0.25, 0.3) is 0 Å². The molecule has 0 aliphatic carbocycles. The molecule has 13 heavy (non-hydrogen) atoms. The fourth-order valence-corrected chi connectivity index (χ4v) is 1.41. The average molecular weight is 178 g/mol. The van der Waals surface area contributed by atoms with Gasteiger partial charge in [-0.3, -0.25) is 9.98 Å². The van der Waals surface area contributed by atoms with Crippen LogP contribution in [-0.4, -0.2) is 23.5 Å². The van der Waals surface area contributed by atoms with E-state index in [9.17, 15) is 0 Å². The maximum absolute atomic E-state index is 4.48. The minimum atomic E-state index is -0.0878. The molecule has 0 aromatic carbocycles. The fourth-order valence-electron chi connectivity index (χ4n) is 1.41. The van der Waals surface area contributed by atoms with Crippen LogP contribution in [0, 0.1) is 0 Å². The molecule has 0 radical (unpaired) electrons. The van der Waals surface area contributed by atoms with Gasteiger partial charge in [-0.1, -0.05) is 6.08 Å². The first-order valence-electron chi connectivity index (χ1n) is 4.70. The summed E-state index contributed by atoms with van der Waals surface area (Å²) in [5.74, 6) is 0. The predicted molar refractivity (Wildman–Crippen MR) is 58.9 cm³/mol. The second-order valence-electron chi connectivity index (χ2n) is 4.21. The summed E-state index contributed by atoms with van der Waals surface area (Å²) in [6.07, 6.45) is 4.08. The molecule has 1 aliphatic heterocycles. The van der Waals surface area contributed by atoms with E-state index in [0.29, 0.717) is 0 Å². The van der Waals surface area contributed by atoms with Gasteiger partial charge in [0.1, 0.15) is 0 Å². The minimum Gasteiger partial charge on any atom is -0.285 e. The molecule has 0 N–H and O–H groups in total. The van der Waals surface area contributed by atoms with E-state index in [1.54, 1.807) is 0 Å². The molecule has 1 unspecified atom stereocenters. The van der Waals surface area contributed by atoms with Gasteiger partial charge in [-0.25, -0.2) is 0 Å². The van der Waals surface area contributed by atoms with Gasteiger partial charge in [0.25, 0.3) is 0 Å². The Morgan fingerprint density at radius 3 is 2.54 bits per heavy atom. The first kappa shape index (κ1) is 10.2. The number of hydrogen-bond donors (Lipinski definition) is 0. The molecule has 1 aliphatic rings. The van der Waals surface area contributed by atoms with Crippen molar-refractivity contribution >= 4 is 11.9 Å². The van der Waals surface area contributed by atoms with Crippen LogP contribution >= 0.6 is 0 Å². The van der Waals surface area contributed by atoms with Gasteiger partial charge in [-0.05, 0) is 40.2 Å². The number of aliphatic imine (C=N–C) groups is 2. The largest absolute Gasteiger partial charge is 0.285 e. The van der Waals surface area contributed by atoms with Crippen molar-refractivity contribution < 1.29 is 0 Å². The lowest BCUT2D eigenvalue weighted by Gasteiger charge is -2.19. The van der Waals surface area contributed by atoms with Crippen molar-refractivity contribution in [3.8, 4) is 0 Å². The third-order valence-electron chi connectivity index (χ3n) is 2.16. The summed E-state index contributed by atoms with van der Waals surface area (Å²) < 4.78 is 0. The lowest BCUT2D eigenvalue weighted by Crippen LogP contribution is -2.20. The van der Waals surface area contributed by atoms with Crippen molar-refractivity contribution in [1.29, 1.82) is 0 Å². The number of hydrogen-bond acceptors (Lipinski definition) is 2. The SMILES string of the molecule is CC1=NC(C)C=NC(C)(C)/C=C\1C. The molecule has 2 nitrogen and oxygen atoms in total. The van der Waals surface area contributed by atoms with Crippen LogP contribution < -0.4 is 0 Å². The summed E-state index contributed by atoms with van der Waals surface area (Å²) in [4.78, 5) is 8.96. The fraction of sp³-hybridized carbons (Fsp3) is 0.636. The summed E-state index contributed by atoms with van der Waals surface area (Å²) in [6.45, 7) is 10.4. The molecule has 0 aromatic heterocycles. The van der Waals surface area contributed by atoms with Crippen molar-refractivity contribution in [1.82, 2.24) is 0 Å². The molecule has 0 saturated carbocycles. The van der Waals surface area contributed by atoms with E-state index in [2.05, 4.69) is 50.7 Å². The van der Waals surface area contributed by atoms with Crippen LogP contribution in [0.15, 0.2) is 21.6 Å². The summed E-state index contributed by atoms with van der Waals surface area (Å²) in [7, 11) is 0. The highest BCUT2D eigenvalue weighted by molar-refractivity contribution is 5.99. The Hall–Kier alpha value is -0.920. The van der Waals surface area contributed by atoms with Crippen LogP contribution in [0.1, 0.15) is 34.6 Å². The summed E-state index contributed by atoms with van der Waals surface area (Å²) >= 11 is 0. The first-order valence-corrected chi connectivity index (χ1v) is 4.70. The van der Waals surface area contributed by atoms with Crippen LogP contribution in [-0.2, 0) is 0 Å². The minimum absolute atomic E-state index is 0.0878. The Morgan fingerprint density at radius 1 is 1.31 bits per heavy atom. The zero-order valence-corrected chi connectivity index (χ0v) is 9.13. The molecule has 0 spiro atoms. The monoisotopic (exact) mass is 178 g/mol. The van der Waals surface area contributed by atoms with Crippen LogP contribution in [0.2, 0.25) is 0 Å². The van der Waals surface area contributed by atoms with Gasteiger partial charge >= 0.3 is 0 Å². The van der Waals surface area contributed by atoms with Crippen molar-refractivity contribution in [3.63, 3.8) is 0 Å². The zero-order valence-electron chi connectivity index (χ0n) is 9.13. The van der Waals surface area contributed by atoms with Gasteiger partial charge < -0.3 is 0 Å². The van der Waals surface area contributed by atoms with Gasteiger partial charge in [0, 0.05) is 11.9 Å². The molecule has 0 aromatic rings. The highest BCUT2D eigenvalue weighted by atomic mass is 14.9. The standard InChI is InChI=1S/C11H18N2/c1-8-6-11(4,5)12-7-9(2)13-10(8)3/h6-7,9H,1-5H3/b8-6-,12-7?,13-10?. The maximum atomic E-state index is 4.48. The Labute approximate surface area is 80.5 Å². The van der Waals surface area contributed by atoms with E-state index < -0.39 is 0 Å². The van der Waals surface area contributed by atoms with Crippen molar-refractivity contribution in [2.75, 3.05) is 0 Å². The van der Waals surface area contributed by atoms with Gasteiger partial charge in [0.15, 0.2) is 0 Å². The highest BCUT2D eigenvalue weighted by Crippen LogP contribution is 2.16. The molecule has 72 valence electrons. The van der Waals surface area contributed by atoms with Crippen molar-refractivity contribution in [2.45, 2.75) is 46.2 Å². The van der Waals surface area contributed by atoms with E-state index in [-0.39, 0.29) is 11.6 Å². The van der Waals surface area contributed by atoms with E-state index in [4.69, 9.17) is 0 Å². The smallest absolute Gasteiger partial charge is 0.0821 e. The summed E-state index contributed by atoms with van der Waals surface area (Å²) in [6, 6.07) is 0.197. The quantitative estimate of drug-likeness (QED) is 0.545. The van der Waals surface area contributed by atoms with Crippen LogP contribution in [0.5, 0.6) is 0 Å². The van der Waals surface area contributed by atoms with Crippen molar-refractivity contribution in [2.24, 2.45) is 9.98 Å². The predicted octanol–water partition coefficient (Wildman–Crippen LogP) is 2.65. The lowest BCUT2D eigenvalue weighted by atomic mass is 10.00. The summed E-state index contributed by atoms with van der Waals surface area (Å²) in [5, 5.41) is 0. The molecule has 0 bridgehead atoms. The number of rotatable bonds is 0. The van der Waals surface area contributed by atoms with Gasteiger partial charge in [0.05, 0.1) is 11.6 Å². The van der Waals surface area contributed by atoms with E-state index in [1.807, 2.05) is 6.21 Å². The zero-order chi connectivity index (χ0) is 10.1. The molecule has 2 heteroatoms. The Morgan fingerprint density at radius 2 is 1.92 bits per heavy atom. The Balaban J connectivity index is 3.11. The normalized spacial score (nSPS) is 31.3. The molecule has 0 saturated heterocycles. The summed E-state index contributed by atoms with van der Waals surface area (Å²) in [5.41, 5.74) is 2.26. The number of nitrogens with zero attached hydrogens (tertiary/aromatic N) is 2. The molecule has 1 atom stereocenters. The van der Waals surface area contributed by atoms with E-state index in [1.165, 1.54) is 5.57 Å². The lowest BCUT2D eigenvalue weighted by molar-refractivity contribution is 0.651. The second kappa shape index (κ2) is 3.44. The highest BCUT2D eigenvalue weighted by Gasteiger charge is 2.15. The average Bonchev–Trinajstić information content (AvgIpc) is 1.99. The maximum Gasteiger partial charge on any atom is 0.0821 e. The second-order valence-corrected chi connectivity index (χ2v) is 4.21. The third kappa shape index (κ3) is 2.79. The van der Waals surface area contributed by atoms with E-state index in [0.717, 1.165) is 5.71 Å². The van der Waals surface area contributed by atoms with Gasteiger partial charge in [0.2, 0.25) is 0 Å². The van der Waals surface area contributed by atoms with Gasteiger partial charge in [-0.2, -0.15) is 0 Å². The van der Waals surface area contributed by atoms with Crippen molar-refractivity contribution in [3.05, 3.63) is 11.6 Å². The van der Waals surface area contributed by atoms with Gasteiger partial charge in [-0.15, -0.1) is 0 Å². The molecular formula is C11H18N2. The van der Waals surface area contributed by atoms with Crippen LogP contribution in [0.4, 0.5) is 0 Å². The first-order chi connectivity index (χ1) is 5.91. The topological polar surface area (TPSA) is 24.7 Å². The molecule has 0 fully saturated rings. The molecular weight excluding hydrogens is 160 g/mol. The molecule has 1 rings (SSSR count). The molecule has 1 heterocycles. The van der Waals surface area contributed by atoms with Crippen LogP contribution in [0.3, 0.4) is 0 Å². The van der Waals surface area contributed by atoms with E-state index >= 15 is 0 Å². The Kier molecular flexibility index (Phi) is 2.69. The molecule has 0 amide bonds. The number of allylic oxidation sites excluding steroid dienone is 1. The Bertz CT molecular complexity index is 282.